The van der Waals surface area contributed by atoms with Crippen LogP contribution in [0.25, 0.3) is 11.3 Å². The van der Waals surface area contributed by atoms with Crippen molar-refractivity contribution in [1.82, 2.24) is 9.97 Å². The molecule has 0 unspecified atom stereocenters. The molecule has 4 rings (SSSR count). The third-order valence-electron chi connectivity index (χ3n) is 5.12. The summed E-state index contributed by atoms with van der Waals surface area (Å²) in [5, 5.41) is -0.759. The summed E-state index contributed by atoms with van der Waals surface area (Å²) in [6.45, 7) is -2.90. The highest BCUT2D eigenvalue weighted by atomic mass is 32.2. The Labute approximate surface area is 225 Å². The Kier molecular flexibility index (Phi) is 5.26. The number of sulfonamides is 1. The molecule has 196 valence electrons. The summed E-state index contributed by atoms with van der Waals surface area (Å²) >= 11 is 0. The molecule has 1 N–H and O–H groups in total. The topological polar surface area (TPSA) is 92.3 Å². The molecule has 37 heavy (non-hydrogen) atoms. The second-order valence-corrected chi connectivity index (χ2v) is 9.58. The molecule has 2 aromatic heterocycles. The van der Waals surface area contributed by atoms with E-state index in [1.165, 1.54) is 12.1 Å². The van der Waals surface area contributed by atoms with Crippen molar-refractivity contribution in [3.05, 3.63) is 65.7 Å². The maximum Gasteiger partial charge on any atom is 0.418 e. The van der Waals surface area contributed by atoms with E-state index in [0.29, 0.717) is 11.0 Å². The highest BCUT2D eigenvalue weighted by molar-refractivity contribution is 7.92. The van der Waals surface area contributed by atoms with E-state index in [1.54, 1.807) is 0 Å². The monoisotopic (exact) mass is 540 g/mol. The normalized spacial score (nSPS) is 22.3. The fraction of sp³-hybridized carbons (Fsp3) is 0.346. The van der Waals surface area contributed by atoms with Gasteiger partial charge in [0, 0.05) is 36.0 Å². The van der Waals surface area contributed by atoms with Gasteiger partial charge >= 0.3 is 6.18 Å². The highest BCUT2D eigenvalue weighted by Gasteiger charge is 2.35. The largest absolute Gasteiger partial charge is 0.418 e. The molecular weight excluding hydrogens is 505 g/mol. The molecule has 0 atom stereocenters. The Hall–Kier alpha value is -3.47. The average Bonchev–Trinajstić information content (AvgIpc) is 2.91. The molecule has 0 radical (unpaired) electrons. The molecule has 1 aromatic carbocycles. The maximum atomic E-state index is 14.1. The van der Waals surface area contributed by atoms with E-state index < -0.39 is 106 Å². The fourth-order valence-electron chi connectivity index (χ4n) is 3.46. The number of Topliss-reactive ketones (excluding diaryl/α,β-unsaturated/α-hetero) is 1. The van der Waals surface area contributed by atoms with Crippen LogP contribution >= 0.6 is 0 Å². The summed E-state index contributed by atoms with van der Waals surface area (Å²) in [5.41, 5.74) is -3.24. The summed E-state index contributed by atoms with van der Waals surface area (Å²) in [4.78, 5) is 20.3. The van der Waals surface area contributed by atoms with Crippen molar-refractivity contribution in [2.24, 2.45) is 0 Å². The molecule has 4 bridgehead atoms. The molecule has 3 aromatic rings. The van der Waals surface area contributed by atoms with Gasteiger partial charge in [-0.15, -0.1) is 0 Å². The number of alkyl halides is 3. The van der Waals surface area contributed by atoms with Gasteiger partial charge < -0.3 is 9.69 Å². The lowest BCUT2D eigenvalue weighted by Crippen LogP contribution is -2.28. The van der Waals surface area contributed by atoms with Crippen LogP contribution in [0.5, 0.6) is 0 Å². The summed E-state index contributed by atoms with van der Waals surface area (Å²) in [6.07, 6.45) is -15.8. The maximum absolute atomic E-state index is 14.1. The predicted molar refractivity (Wildman–Crippen MR) is 135 cm³/mol. The number of nitrogens with one attached hydrogen (secondary N) is 1. The number of halogens is 3. The first-order chi connectivity index (χ1) is 20.5. The third kappa shape index (κ3) is 6.46. The highest BCUT2D eigenvalue weighted by Crippen LogP contribution is 2.38. The quantitative estimate of drug-likeness (QED) is 0.472. The van der Waals surface area contributed by atoms with E-state index in [2.05, 4.69) is 9.97 Å². The first kappa shape index (κ1) is 17.9. The van der Waals surface area contributed by atoms with Crippen molar-refractivity contribution >= 4 is 27.4 Å². The van der Waals surface area contributed by atoms with Crippen molar-refractivity contribution in [3.8, 4) is 11.3 Å². The van der Waals surface area contributed by atoms with Crippen LogP contribution < -0.4 is 9.62 Å². The smallest absolute Gasteiger partial charge is 0.357 e. The van der Waals surface area contributed by atoms with E-state index in [-0.39, 0.29) is 0 Å². The van der Waals surface area contributed by atoms with Gasteiger partial charge in [0.15, 0.2) is 5.03 Å². The van der Waals surface area contributed by atoms with Crippen molar-refractivity contribution < 1.29 is 37.3 Å². The minimum Gasteiger partial charge on any atom is -0.357 e. The van der Waals surface area contributed by atoms with Gasteiger partial charge in [0.2, 0.25) is 0 Å². The van der Waals surface area contributed by atoms with Gasteiger partial charge in [0.05, 0.1) is 11.3 Å². The molecule has 7 nitrogen and oxygen atoms in total. The van der Waals surface area contributed by atoms with E-state index in [9.17, 15) is 26.4 Å². The number of anilines is 2. The number of hydrogen-bond donors (Lipinski definition) is 1. The number of benzene rings is 1. The zero-order valence-corrected chi connectivity index (χ0v) is 20.2. The van der Waals surface area contributed by atoms with Crippen LogP contribution in [0.3, 0.4) is 0 Å². The predicted octanol–water partition coefficient (Wildman–Crippen LogP) is 5.48. The van der Waals surface area contributed by atoms with Gasteiger partial charge in [-0.25, -0.2) is 9.97 Å². The van der Waals surface area contributed by atoms with Crippen molar-refractivity contribution in [2.45, 2.75) is 50.1 Å². The van der Waals surface area contributed by atoms with Gasteiger partial charge in [0.25, 0.3) is 10.0 Å². The molecule has 0 fully saturated rings. The standard InChI is InChI=1S/C26H27F3N4O3S/c1-18(34)8-7-17-33-16-5-4-10-19-9-2-3-11-20(19)25-21(26(27,28)29)14-15-22(30-25)32-37(35,36)24-13-6-12-23(33)31-24/h2-3,6,9,11-15H,4-5,7-8,10,16-17H2,1H3,(H,30,32)/i4D2,7D2,10D2,17D2. The number of pyridine rings is 2. The van der Waals surface area contributed by atoms with Gasteiger partial charge in [-0.05, 0) is 62.3 Å². The van der Waals surface area contributed by atoms with Crippen LogP contribution in [-0.4, -0.2) is 37.2 Å². The van der Waals surface area contributed by atoms with E-state index in [1.807, 2.05) is 4.72 Å². The lowest BCUT2D eigenvalue weighted by atomic mass is 9.96. The number of aryl methyl sites for hydroxylation is 1. The van der Waals surface area contributed by atoms with Crippen molar-refractivity contribution in [1.29, 1.82) is 0 Å². The summed E-state index contributed by atoms with van der Waals surface area (Å²) in [5.74, 6) is -1.82. The van der Waals surface area contributed by atoms with Gasteiger partial charge in [-0.3, -0.25) is 4.72 Å². The molecule has 3 heterocycles. The van der Waals surface area contributed by atoms with Crippen LogP contribution in [0.4, 0.5) is 24.8 Å². The molecule has 0 saturated carbocycles. The second kappa shape index (κ2) is 10.9. The van der Waals surface area contributed by atoms with Gasteiger partial charge in [-0.1, -0.05) is 30.3 Å². The van der Waals surface area contributed by atoms with Crippen LogP contribution in [0.15, 0.2) is 59.6 Å². The zero-order chi connectivity index (χ0) is 33.8. The number of nitrogens with zero attached hydrogens (tertiary/aromatic N) is 3. The van der Waals surface area contributed by atoms with Gasteiger partial charge in [0.1, 0.15) is 17.4 Å². The number of rotatable bonds is 4. The van der Waals surface area contributed by atoms with Crippen molar-refractivity contribution in [3.63, 3.8) is 0 Å². The van der Waals surface area contributed by atoms with Crippen LogP contribution in [0.1, 0.15) is 54.6 Å². The number of fused-ring (bicyclic) bond motifs is 6. The molecular formula is C26H27F3N4O3S. The average molecular weight is 541 g/mol. The molecule has 0 aliphatic carbocycles. The first-order valence-electron chi connectivity index (χ1n) is 15.0. The number of hydrogen-bond acceptors (Lipinski definition) is 6. The van der Waals surface area contributed by atoms with Crippen LogP contribution in [-0.2, 0) is 27.4 Å². The Bertz CT molecular complexity index is 1740. The number of carbonyl (C=O) groups is 1. The fourth-order valence-corrected chi connectivity index (χ4v) is 4.42. The van der Waals surface area contributed by atoms with Crippen molar-refractivity contribution in [2.75, 3.05) is 22.7 Å². The van der Waals surface area contributed by atoms with Crippen LogP contribution in [0, 0.1) is 0 Å². The summed E-state index contributed by atoms with van der Waals surface area (Å²) in [7, 11) is -4.72. The summed E-state index contributed by atoms with van der Waals surface area (Å²) in [6, 6.07) is 9.23. The van der Waals surface area contributed by atoms with E-state index >= 15 is 0 Å². The molecule has 1 aliphatic rings. The Balaban J connectivity index is 2.03. The Morgan fingerprint density at radius 3 is 2.68 bits per heavy atom. The lowest BCUT2D eigenvalue weighted by molar-refractivity contribution is -0.137. The number of ketones is 1. The second-order valence-electron chi connectivity index (χ2n) is 7.95. The zero-order valence-electron chi connectivity index (χ0n) is 27.4. The molecule has 0 amide bonds. The molecule has 11 heteroatoms. The van der Waals surface area contributed by atoms with Crippen LogP contribution in [0.2, 0.25) is 0 Å². The Morgan fingerprint density at radius 2 is 1.92 bits per heavy atom. The third-order valence-corrected chi connectivity index (χ3v) is 6.37. The first-order valence-corrected chi connectivity index (χ1v) is 12.4. The number of aromatic nitrogens is 2. The van der Waals surface area contributed by atoms with Gasteiger partial charge in [-0.2, -0.15) is 21.6 Å². The van der Waals surface area contributed by atoms with E-state index in [0.717, 1.165) is 43.3 Å². The number of carbonyl (C=O) groups excluding carboxylic acids is 1. The Morgan fingerprint density at radius 1 is 1.14 bits per heavy atom. The molecule has 0 spiro atoms. The molecule has 1 aliphatic heterocycles. The molecule has 0 saturated heterocycles. The SMILES string of the molecule is [2H]C1([2H])CCN(C([2H])([2H])C([2H])([2H])CC(C)=O)c2cccc(n2)S(=O)(=O)Nc2ccc(C(F)(F)F)c(n2)-c2ccccc2C1([2H])[2H]. The van der Waals surface area contributed by atoms with E-state index in [4.69, 9.17) is 11.0 Å². The summed E-state index contributed by atoms with van der Waals surface area (Å²) < 4.78 is 140. The lowest BCUT2D eigenvalue weighted by Gasteiger charge is -2.24. The minimum atomic E-state index is -5.03. The minimum absolute atomic E-state index is 0.474.